The summed E-state index contributed by atoms with van der Waals surface area (Å²) in [5.74, 6) is 0.364. The van der Waals surface area contributed by atoms with E-state index in [9.17, 15) is 9.90 Å². The quantitative estimate of drug-likeness (QED) is 0.783. The molecule has 1 saturated carbocycles. The molecule has 0 atom stereocenters. The van der Waals surface area contributed by atoms with Crippen LogP contribution in [0.1, 0.15) is 25.7 Å². The van der Waals surface area contributed by atoms with Gasteiger partial charge in [-0.25, -0.2) is 4.98 Å². The summed E-state index contributed by atoms with van der Waals surface area (Å²) >= 11 is 0. The Morgan fingerprint density at radius 3 is 2.88 bits per heavy atom. The van der Waals surface area contributed by atoms with E-state index in [1.807, 2.05) is 0 Å². The van der Waals surface area contributed by atoms with Crippen molar-refractivity contribution in [1.82, 2.24) is 9.97 Å². The zero-order valence-corrected chi connectivity index (χ0v) is 9.44. The summed E-state index contributed by atoms with van der Waals surface area (Å²) in [5, 5.41) is 10.2. The molecule has 1 heterocycles. The highest BCUT2D eigenvalue weighted by atomic mass is 16.3. The van der Waals surface area contributed by atoms with Crippen molar-refractivity contribution in [2.75, 3.05) is 18.5 Å². The van der Waals surface area contributed by atoms with E-state index in [0.29, 0.717) is 12.4 Å². The van der Waals surface area contributed by atoms with Crippen LogP contribution >= 0.6 is 0 Å². The van der Waals surface area contributed by atoms with Crippen molar-refractivity contribution in [2.45, 2.75) is 31.3 Å². The number of aromatic amines is 1. The molecule has 1 aromatic heterocycles. The van der Waals surface area contributed by atoms with Gasteiger partial charge in [-0.2, -0.15) is 0 Å². The minimum Gasteiger partial charge on any atom is -0.388 e. The Bertz CT molecular complexity index is 410. The molecule has 0 aromatic carbocycles. The number of aliphatic hydroxyl groups is 1. The number of aromatic nitrogens is 2. The molecule has 0 saturated heterocycles. The Balaban J connectivity index is 2.11. The summed E-state index contributed by atoms with van der Waals surface area (Å²) in [6.07, 6.45) is 6.78. The molecular formula is C11H17N3O2. The van der Waals surface area contributed by atoms with E-state index in [-0.39, 0.29) is 5.56 Å². The first-order chi connectivity index (χ1) is 7.61. The lowest BCUT2D eigenvalue weighted by Gasteiger charge is -2.28. The molecule has 1 aromatic rings. The fourth-order valence-corrected chi connectivity index (χ4v) is 2.32. The highest BCUT2D eigenvalue weighted by molar-refractivity contribution is 5.34. The molecule has 0 radical (unpaired) electrons. The number of nitrogens with one attached hydrogen (secondary N) is 1. The zero-order valence-electron chi connectivity index (χ0n) is 9.44. The Hall–Kier alpha value is -1.36. The predicted molar refractivity (Wildman–Crippen MR) is 61.5 cm³/mol. The van der Waals surface area contributed by atoms with Gasteiger partial charge in [-0.05, 0) is 12.8 Å². The second-order valence-electron chi connectivity index (χ2n) is 4.53. The molecule has 1 aliphatic rings. The van der Waals surface area contributed by atoms with E-state index in [4.69, 9.17) is 0 Å². The molecule has 0 spiro atoms. The first-order valence-corrected chi connectivity index (χ1v) is 5.58. The first-order valence-electron chi connectivity index (χ1n) is 5.58. The van der Waals surface area contributed by atoms with E-state index in [1.165, 1.54) is 6.20 Å². The van der Waals surface area contributed by atoms with Gasteiger partial charge in [0.05, 0.1) is 5.60 Å². The van der Waals surface area contributed by atoms with Gasteiger partial charge in [0.15, 0.2) is 5.82 Å². The maximum atomic E-state index is 11.5. The van der Waals surface area contributed by atoms with Gasteiger partial charge in [0.2, 0.25) is 0 Å². The second kappa shape index (κ2) is 4.25. The van der Waals surface area contributed by atoms with Gasteiger partial charge < -0.3 is 15.0 Å². The number of anilines is 1. The number of likely N-dealkylation sites (N-methyl/N-ethyl adjacent to an activating group) is 1. The maximum absolute atomic E-state index is 11.5. The van der Waals surface area contributed by atoms with Crippen LogP contribution in [0, 0.1) is 0 Å². The predicted octanol–water partition coefficient (Wildman–Crippen LogP) is 0.511. The molecule has 0 amide bonds. The SMILES string of the molecule is CN(CC1(O)CCCC1)c1ncc[nH]c1=O. The molecular weight excluding hydrogens is 206 g/mol. The summed E-state index contributed by atoms with van der Waals surface area (Å²) in [6.45, 7) is 0.465. The van der Waals surface area contributed by atoms with E-state index < -0.39 is 5.60 Å². The lowest BCUT2D eigenvalue weighted by Crippen LogP contribution is -2.41. The molecule has 0 bridgehead atoms. The third-order valence-electron chi connectivity index (χ3n) is 3.12. The van der Waals surface area contributed by atoms with E-state index in [2.05, 4.69) is 9.97 Å². The van der Waals surface area contributed by atoms with Crippen LogP contribution in [0.2, 0.25) is 0 Å². The molecule has 5 heteroatoms. The Labute approximate surface area is 94.1 Å². The normalized spacial score (nSPS) is 18.6. The van der Waals surface area contributed by atoms with Crippen LogP contribution in [0.5, 0.6) is 0 Å². The Morgan fingerprint density at radius 1 is 1.56 bits per heavy atom. The smallest absolute Gasteiger partial charge is 0.290 e. The lowest BCUT2D eigenvalue weighted by molar-refractivity contribution is 0.0557. The van der Waals surface area contributed by atoms with Crippen LogP contribution < -0.4 is 10.5 Å². The van der Waals surface area contributed by atoms with Crippen molar-refractivity contribution in [3.63, 3.8) is 0 Å². The summed E-state index contributed by atoms with van der Waals surface area (Å²) in [5.41, 5.74) is -0.870. The number of hydrogen-bond acceptors (Lipinski definition) is 4. The van der Waals surface area contributed by atoms with Crippen molar-refractivity contribution < 1.29 is 5.11 Å². The van der Waals surface area contributed by atoms with Crippen LogP contribution in [-0.2, 0) is 0 Å². The molecule has 1 aliphatic carbocycles. The van der Waals surface area contributed by atoms with Gasteiger partial charge in [0.1, 0.15) is 0 Å². The number of rotatable bonds is 3. The molecule has 5 nitrogen and oxygen atoms in total. The number of hydrogen-bond donors (Lipinski definition) is 2. The van der Waals surface area contributed by atoms with Crippen LogP contribution in [0.25, 0.3) is 0 Å². The van der Waals surface area contributed by atoms with Crippen molar-refractivity contribution in [2.24, 2.45) is 0 Å². The number of nitrogens with zero attached hydrogens (tertiary/aromatic N) is 2. The molecule has 2 N–H and O–H groups in total. The molecule has 0 unspecified atom stereocenters. The fraction of sp³-hybridized carbons (Fsp3) is 0.636. The van der Waals surface area contributed by atoms with Gasteiger partial charge in [-0.3, -0.25) is 4.79 Å². The fourth-order valence-electron chi connectivity index (χ4n) is 2.32. The van der Waals surface area contributed by atoms with Crippen molar-refractivity contribution >= 4 is 5.82 Å². The molecule has 1 fully saturated rings. The van der Waals surface area contributed by atoms with Crippen molar-refractivity contribution in [3.8, 4) is 0 Å². The molecule has 0 aliphatic heterocycles. The Morgan fingerprint density at radius 2 is 2.25 bits per heavy atom. The topological polar surface area (TPSA) is 69.2 Å². The van der Waals surface area contributed by atoms with Gasteiger partial charge in [0.25, 0.3) is 5.56 Å². The minimum absolute atomic E-state index is 0.216. The Kier molecular flexibility index (Phi) is 2.96. The minimum atomic E-state index is -0.654. The van der Waals surface area contributed by atoms with Gasteiger partial charge in [-0.15, -0.1) is 0 Å². The van der Waals surface area contributed by atoms with Gasteiger partial charge in [0, 0.05) is 26.0 Å². The van der Waals surface area contributed by atoms with E-state index in [0.717, 1.165) is 25.7 Å². The van der Waals surface area contributed by atoms with Crippen molar-refractivity contribution in [1.29, 1.82) is 0 Å². The van der Waals surface area contributed by atoms with Crippen LogP contribution in [-0.4, -0.2) is 34.3 Å². The third kappa shape index (κ3) is 2.24. The maximum Gasteiger partial charge on any atom is 0.290 e. The van der Waals surface area contributed by atoms with Crippen LogP contribution in [0.15, 0.2) is 17.2 Å². The third-order valence-corrected chi connectivity index (χ3v) is 3.12. The summed E-state index contributed by atoms with van der Waals surface area (Å²) in [6, 6.07) is 0. The second-order valence-corrected chi connectivity index (χ2v) is 4.53. The van der Waals surface area contributed by atoms with E-state index in [1.54, 1.807) is 18.1 Å². The van der Waals surface area contributed by atoms with E-state index >= 15 is 0 Å². The van der Waals surface area contributed by atoms with Gasteiger partial charge in [-0.1, -0.05) is 12.8 Å². The molecule has 88 valence electrons. The average Bonchev–Trinajstić information content (AvgIpc) is 2.65. The monoisotopic (exact) mass is 223 g/mol. The standard InChI is InChI=1S/C11H17N3O2/c1-14(8-11(16)4-2-3-5-11)9-10(15)13-7-6-12-9/h6-7,16H,2-5,8H2,1H3,(H,13,15). The summed E-state index contributed by atoms with van der Waals surface area (Å²) < 4.78 is 0. The van der Waals surface area contributed by atoms with Gasteiger partial charge >= 0.3 is 0 Å². The molecule has 16 heavy (non-hydrogen) atoms. The van der Waals surface area contributed by atoms with Crippen LogP contribution in [0.4, 0.5) is 5.82 Å². The highest BCUT2D eigenvalue weighted by Crippen LogP contribution is 2.30. The highest BCUT2D eigenvalue weighted by Gasteiger charge is 2.32. The summed E-state index contributed by atoms with van der Waals surface area (Å²) in [7, 11) is 1.79. The molecule has 2 rings (SSSR count). The lowest BCUT2D eigenvalue weighted by atomic mass is 10.0. The van der Waals surface area contributed by atoms with Crippen molar-refractivity contribution in [3.05, 3.63) is 22.7 Å². The largest absolute Gasteiger partial charge is 0.388 e. The average molecular weight is 223 g/mol. The first kappa shape index (κ1) is 11.1. The zero-order chi connectivity index (χ0) is 11.6. The van der Waals surface area contributed by atoms with Crippen LogP contribution in [0.3, 0.4) is 0 Å². The summed E-state index contributed by atoms with van der Waals surface area (Å²) in [4.78, 5) is 19.8. The number of H-pyrrole nitrogens is 1.